The summed E-state index contributed by atoms with van der Waals surface area (Å²) in [7, 11) is 2.17. The van der Waals surface area contributed by atoms with Crippen molar-refractivity contribution in [3.8, 4) is 0 Å². The van der Waals surface area contributed by atoms with E-state index in [-0.39, 0.29) is 6.10 Å². The molecule has 4 unspecified atom stereocenters. The van der Waals surface area contributed by atoms with Gasteiger partial charge in [-0.15, -0.1) is 0 Å². The lowest BCUT2D eigenvalue weighted by Gasteiger charge is -2.42. The van der Waals surface area contributed by atoms with Crippen LogP contribution in [-0.4, -0.2) is 35.2 Å². The Balaban J connectivity index is 2.11. The van der Waals surface area contributed by atoms with Gasteiger partial charge in [-0.2, -0.15) is 0 Å². The molecule has 2 fully saturated rings. The van der Waals surface area contributed by atoms with E-state index in [4.69, 9.17) is 0 Å². The van der Waals surface area contributed by atoms with Gasteiger partial charge in [0.05, 0.1) is 6.10 Å². The van der Waals surface area contributed by atoms with Gasteiger partial charge < -0.3 is 5.11 Å². The minimum atomic E-state index is -0.0719. The van der Waals surface area contributed by atoms with Crippen LogP contribution in [0, 0.1) is 11.3 Å². The van der Waals surface area contributed by atoms with Crippen molar-refractivity contribution in [2.24, 2.45) is 11.3 Å². The Kier molecular flexibility index (Phi) is 2.39. The molecule has 82 valence electrons. The molecule has 2 bridgehead atoms. The third kappa shape index (κ3) is 1.59. The van der Waals surface area contributed by atoms with Crippen molar-refractivity contribution in [2.45, 2.75) is 58.2 Å². The Morgan fingerprint density at radius 1 is 1.14 bits per heavy atom. The molecule has 2 heteroatoms. The largest absolute Gasteiger partial charge is 0.391 e. The van der Waals surface area contributed by atoms with Crippen LogP contribution in [0.5, 0.6) is 0 Å². The molecule has 2 rings (SSSR count). The van der Waals surface area contributed by atoms with Gasteiger partial charge in [-0.25, -0.2) is 0 Å². The van der Waals surface area contributed by atoms with Gasteiger partial charge >= 0.3 is 0 Å². The first-order valence-corrected chi connectivity index (χ1v) is 5.79. The number of rotatable bonds is 0. The SMILES string of the molecule is CN1C2CC(O)C1CC(C(C)(C)C)C2. The third-order valence-electron chi connectivity index (χ3n) is 4.36. The standard InChI is InChI=1S/C12H23NO/c1-12(2,3)8-5-9-7-11(14)10(6-8)13(9)4/h8-11,14H,5-7H2,1-4H3. The highest BCUT2D eigenvalue weighted by Crippen LogP contribution is 2.44. The summed E-state index contributed by atoms with van der Waals surface area (Å²) in [5.74, 6) is 0.783. The molecule has 14 heavy (non-hydrogen) atoms. The van der Waals surface area contributed by atoms with E-state index in [0.717, 1.165) is 12.3 Å². The van der Waals surface area contributed by atoms with Gasteiger partial charge in [-0.05, 0) is 37.6 Å². The zero-order valence-electron chi connectivity index (χ0n) is 9.83. The van der Waals surface area contributed by atoms with Crippen LogP contribution < -0.4 is 0 Å². The summed E-state index contributed by atoms with van der Waals surface area (Å²) >= 11 is 0. The van der Waals surface area contributed by atoms with Crippen LogP contribution in [-0.2, 0) is 0 Å². The Bertz CT molecular complexity index is 221. The molecule has 0 aliphatic carbocycles. The molecule has 0 amide bonds. The molecule has 0 spiro atoms. The van der Waals surface area contributed by atoms with Crippen molar-refractivity contribution in [3.05, 3.63) is 0 Å². The van der Waals surface area contributed by atoms with E-state index in [2.05, 4.69) is 32.7 Å². The maximum atomic E-state index is 9.91. The van der Waals surface area contributed by atoms with E-state index >= 15 is 0 Å². The molecule has 0 aromatic carbocycles. The minimum absolute atomic E-state index is 0.0719. The van der Waals surface area contributed by atoms with Crippen molar-refractivity contribution in [1.82, 2.24) is 4.90 Å². The quantitative estimate of drug-likeness (QED) is 0.641. The lowest BCUT2D eigenvalue weighted by atomic mass is 9.73. The summed E-state index contributed by atoms with van der Waals surface area (Å²) in [4.78, 5) is 2.40. The van der Waals surface area contributed by atoms with Gasteiger partial charge in [0.25, 0.3) is 0 Å². The summed E-state index contributed by atoms with van der Waals surface area (Å²) in [6, 6.07) is 1.06. The number of nitrogens with zero attached hydrogens (tertiary/aromatic N) is 1. The number of hydrogen-bond acceptors (Lipinski definition) is 2. The van der Waals surface area contributed by atoms with Gasteiger partial charge in [-0.1, -0.05) is 20.8 Å². The Labute approximate surface area is 87.3 Å². The van der Waals surface area contributed by atoms with E-state index in [9.17, 15) is 5.11 Å². The van der Waals surface area contributed by atoms with Gasteiger partial charge in [0, 0.05) is 12.1 Å². The number of likely N-dealkylation sites (N-methyl/N-ethyl adjacent to an activating group) is 1. The molecular weight excluding hydrogens is 174 g/mol. The monoisotopic (exact) mass is 197 g/mol. The normalized spacial score (nSPS) is 44.4. The second kappa shape index (κ2) is 3.21. The van der Waals surface area contributed by atoms with Crippen LogP contribution in [0.1, 0.15) is 40.0 Å². The van der Waals surface area contributed by atoms with Crippen molar-refractivity contribution in [2.75, 3.05) is 7.05 Å². The smallest absolute Gasteiger partial charge is 0.0710 e. The first-order valence-electron chi connectivity index (χ1n) is 5.79. The number of fused-ring (bicyclic) bond motifs is 2. The Morgan fingerprint density at radius 2 is 1.79 bits per heavy atom. The number of aliphatic hydroxyl groups excluding tert-OH is 1. The molecule has 0 aromatic heterocycles. The van der Waals surface area contributed by atoms with Crippen LogP contribution in [0.2, 0.25) is 0 Å². The van der Waals surface area contributed by atoms with E-state index in [1.54, 1.807) is 0 Å². The van der Waals surface area contributed by atoms with E-state index in [1.807, 2.05) is 0 Å². The zero-order chi connectivity index (χ0) is 10.5. The molecule has 2 saturated heterocycles. The molecule has 2 heterocycles. The van der Waals surface area contributed by atoms with Crippen molar-refractivity contribution < 1.29 is 5.11 Å². The molecule has 2 aliphatic rings. The number of piperidine rings is 1. The summed E-state index contributed by atoms with van der Waals surface area (Å²) in [6.45, 7) is 6.98. The number of aliphatic hydroxyl groups is 1. The fourth-order valence-electron chi connectivity index (χ4n) is 3.15. The summed E-state index contributed by atoms with van der Waals surface area (Å²) in [5.41, 5.74) is 0.405. The molecule has 0 radical (unpaired) electrons. The highest BCUT2D eigenvalue weighted by molar-refractivity contribution is 5.00. The second-order valence-electron chi connectivity index (χ2n) is 6.22. The Morgan fingerprint density at radius 3 is 2.29 bits per heavy atom. The lowest BCUT2D eigenvalue weighted by molar-refractivity contribution is 0.0446. The van der Waals surface area contributed by atoms with E-state index in [1.165, 1.54) is 12.8 Å². The van der Waals surface area contributed by atoms with Crippen LogP contribution >= 0.6 is 0 Å². The van der Waals surface area contributed by atoms with Gasteiger partial charge in [0.1, 0.15) is 0 Å². The van der Waals surface area contributed by atoms with Gasteiger partial charge in [-0.3, -0.25) is 4.90 Å². The van der Waals surface area contributed by atoms with Crippen LogP contribution in [0.15, 0.2) is 0 Å². The average molecular weight is 197 g/mol. The molecule has 2 aliphatic heterocycles. The number of hydrogen-bond donors (Lipinski definition) is 1. The summed E-state index contributed by atoms with van der Waals surface area (Å²) < 4.78 is 0. The molecule has 0 saturated carbocycles. The topological polar surface area (TPSA) is 23.5 Å². The third-order valence-corrected chi connectivity index (χ3v) is 4.36. The highest BCUT2D eigenvalue weighted by Gasteiger charge is 2.46. The van der Waals surface area contributed by atoms with Gasteiger partial charge in [0.15, 0.2) is 0 Å². The molecule has 2 nitrogen and oxygen atoms in total. The van der Waals surface area contributed by atoms with E-state index in [0.29, 0.717) is 17.5 Å². The summed E-state index contributed by atoms with van der Waals surface area (Å²) in [5, 5.41) is 9.91. The summed E-state index contributed by atoms with van der Waals surface area (Å²) in [6.07, 6.45) is 3.37. The second-order valence-corrected chi connectivity index (χ2v) is 6.22. The van der Waals surface area contributed by atoms with Crippen LogP contribution in [0.4, 0.5) is 0 Å². The van der Waals surface area contributed by atoms with Crippen LogP contribution in [0.25, 0.3) is 0 Å². The van der Waals surface area contributed by atoms with Crippen LogP contribution in [0.3, 0.4) is 0 Å². The molecular formula is C12H23NO. The molecule has 0 aromatic rings. The van der Waals surface area contributed by atoms with Gasteiger partial charge in [0.2, 0.25) is 0 Å². The van der Waals surface area contributed by atoms with Crippen molar-refractivity contribution in [1.29, 1.82) is 0 Å². The minimum Gasteiger partial charge on any atom is -0.391 e. The average Bonchev–Trinajstić information content (AvgIpc) is 2.26. The first kappa shape index (κ1) is 10.4. The fourth-order valence-corrected chi connectivity index (χ4v) is 3.15. The molecule has 1 N–H and O–H groups in total. The van der Waals surface area contributed by atoms with E-state index < -0.39 is 0 Å². The highest BCUT2D eigenvalue weighted by atomic mass is 16.3. The fraction of sp³-hybridized carbons (Fsp3) is 1.00. The van der Waals surface area contributed by atoms with Crippen molar-refractivity contribution >= 4 is 0 Å². The zero-order valence-corrected chi connectivity index (χ0v) is 9.83. The maximum absolute atomic E-state index is 9.91. The first-order chi connectivity index (χ1) is 6.39. The lowest BCUT2D eigenvalue weighted by Crippen LogP contribution is -2.45. The predicted octanol–water partition coefficient (Wildman–Crippen LogP) is 1.88. The molecule has 4 atom stereocenters. The Hall–Kier alpha value is -0.0800. The van der Waals surface area contributed by atoms with Crippen molar-refractivity contribution in [3.63, 3.8) is 0 Å². The predicted molar refractivity (Wildman–Crippen MR) is 58.1 cm³/mol. The maximum Gasteiger partial charge on any atom is 0.0710 e.